The van der Waals surface area contributed by atoms with Gasteiger partial charge < -0.3 is 22.7 Å². The Bertz CT molecular complexity index is 1250. The van der Waals surface area contributed by atoms with Crippen LogP contribution >= 0.6 is 0 Å². The van der Waals surface area contributed by atoms with E-state index in [2.05, 4.69) is 83.0 Å². The maximum absolute atomic E-state index is 13.4. The van der Waals surface area contributed by atoms with Gasteiger partial charge in [0.15, 0.2) is 0 Å². The fraction of sp³-hybridized carbons (Fsp3) is 0.312. The molecule has 4 aromatic rings. The lowest BCUT2D eigenvalue weighted by atomic mass is 9.64. The van der Waals surface area contributed by atoms with Crippen LogP contribution in [0.4, 0.5) is 0 Å². The van der Waals surface area contributed by atoms with E-state index in [1.165, 1.54) is 11.4 Å². The van der Waals surface area contributed by atoms with Crippen LogP contribution in [0.2, 0.25) is 0 Å². The molecule has 37 heavy (non-hydrogen) atoms. The van der Waals surface area contributed by atoms with Crippen LogP contribution in [0.3, 0.4) is 0 Å². The third kappa shape index (κ3) is 5.28. The van der Waals surface area contributed by atoms with E-state index >= 15 is 0 Å². The van der Waals surface area contributed by atoms with Crippen molar-refractivity contribution in [1.29, 1.82) is 0 Å². The minimum atomic E-state index is -0.829. The van der Waals surface area contributed by atoms with Crippen LogP contribution in [-0.4, -0.2) is 10.5 Å². The molecule has 0 saturated heterocycles. The van der Waals surface area contributed by atoms with Crippen LogP contribution in [-0.2, 0) is 23.2 Å². The average molecular weight is 559 g/mol. The number of amides is 1. The van der Waals surface area contributed by atoms with E-state index < -0.39 is 5.41 Å². The Kier molecular flexibility index (Phi) is 8.65. The van der Waals surface area contributed by atoms with E-state index in [1.807, 2.05) is 36.4 Å². The zero-order chi connectivity index (χ0) is 25.0. The van der Waals surface area contributed by atoms with Gasteiger partial charge in [0.05, 0.1) is 6.54 Å². The van der Waals surface area contributed by atoms with Crippen molar-refractivity contribution in [3.63, 3.8) is 0 Å². The van der Waals surface area contributed by atoms with Crippen molar-refractivity contribution in [2.75, 3.05) is 0 Å². The molecule has 5 heteroatoms. The highest BCUT2D eigenvalue weighted by atomic mass is 79.9. The second-order valence-corrected chi connectivity index (χ2v) is 10.1. The number of imidazole rings is 1. The zero-order valence-corrected chi connectivity index (χ0v) is 23.1. The van der Waals surface area contributed by atoms with Gasteiger partial charge in [-0.25, -0.2) is 9.13 Å². The van der Waals surface area contributed by atoms with Gasteiger partial charge in [-0.15, -0.1) is 0 Å². The van der Waals surface area contributed by atoms with Crippen LogP contribution in [0.25, 0.3) is 0 Å². The van der Waals surface area contributed by atoms with Gasteiger partial charge in [0.25, 0.3) is 5.82 Å². The molecule has 1 aliphatic carbocycles. The molecular weight excluding hydrogens is 522 g/mol. The largest absolute Gasteiger partial charge is 1.00 e. The van der Waals surface area contributed by atoms with Gasteiger partial charge in [-0.2, -0.15) is 0 Å². The molecule has 1 aromatic heterocycles. The third-order valence-electron chi connectivity index (χ3n) is 8.16. The van der Waals surface area contributed by atoms with Crippen LogP contribution in [0, 0.1) is 12.8 Å². The van der Waals surface area contributed by atoms with E-state index in [1.54, 1.807) is 0 Å². The maximum Gasteiger partial charge on any atom is 0.253 e. The molecule has 192 valence electrons. The van der Waals surface area contributed by atoms with Crippen LogP contribution in [0.1, 0.15) is 54.2 Å². The smallest absolute Gasteiger partial charge is 0.253 e. The first-order chi connectivity index (χ1) is 17.6. The van der Waals surface area contributed by atoms with Gasteiger partial charge in [0.2, 0.25) is 5.91 Å². The first kappa shape index (κ1) is 26.9. The third-order valence-corrected chi connectivity index (χ3v) is 8.16. The molecule has 2 atom stereocenters. The predicted molar refractivity (Wildman–Crippen MR) is 143 cm³/mol. The number of rotatable bonds is 9. The lowest BCUT2D eigenvalue weighted by Crippen LogP contribution is -3.00. The van der Waals surface area contributed by atoms with Gasteiger partial charge in [0.1, 0.15) is 23.9 Å². The number of carbonyl (C=O) groups excluding carboxylic acids is 1. The molecule has 1 fully saturated rings. The Hall–Kier alpha value is -3.18. The van der Waals surface area contributed by atoms with Crippen LogP contribution in [0.15, 0.2) is 103 Å². The molecule has 0 radical (unpaired) electrons. The van der Waals surface area contributed by atoms with Gasteiger partial charge in [-0.3, -0.25) is 4.79 Å². The standard InChI is InChI=1S/C32H35N3O.BrH/c1-25-34(21-11-14-26-12-5-2-6-13-26)22-23-35(25)30-20-19-29(24-30)32(31(33)36,27-15-7-3-8-16-27)28-17-9-4-10-18-28;/h2-10,12-13,15-18,22-23,29-30H,11,14,19-21,24H2,1H3,(H-,33,36);1H. The van der Waals surface area contributed by atoms with Crippen molar-refractivity contribution in [3.8, 4) is 0 Å². The summed E-state index contributed by atoms with van der Waals surface area (Å²) in [6, 6.07) is 31.3. The number of halogens is 1. The Balaban J connectivity index is 0.00000320. The number of aryl methyl sites for hydroxylation is 2. The molecule has 1 saturated carbocycles. The van der Waals surface area contributed by atoms with E-state index in [-0.39, 0.29) is 28.8 Å². The van der Waals surface area contributed by atoms with Crippen molar-refractivity contribution >= 4 is 5.91 Å². The number of hydrogen-bond donors (Lipinski definition) is 1. The molecular formula is C32H36BrN3O. The second-order valence-electron chi connectivity index (χ2n) is 10.1. The first-order valence-electron chi connectivity index (χ1n) is 13.1. The maximum atomic E-state index is 13.4. The molecule has 2 N–H and O–H groups in total. The van der Waals surface area contributed by atoms with E-state index in [4.69, 9.17) is 5.73 Å². The van der Waals surface area contributed by atoms with Crippen molar-refractivity contribution in [3.05, 3.63) is 126 Å². The summed E-state index contributed by atoms with van der Waals surface area (Å²) in [5.74, 6) is 1.15. The van der Waals surface area contributed by atoms with Crippen molar-refractivity contribution in [1.82, 2.24) is 4.57 Å². The Labute approximate surface area is 230 Å². The second kappa shape index (κ2) is 11.9. The Morgan fingerprint density at radius 3 is 2.05 bits per heavy atom. The van der Waals surface area contributed by atoms with Gasteiger partial charge >= 0.3 is 0 Å². The number of carbonyl (C=O) groups is 1. The normalized spacial score (nSPS) is 17.3. The molecule has 0 bridgehead atoms. The highest BCUT2D eigenvalue weighted by Crippen LogP contribution is 2.49. The fourth-order valence-corrected chi connectivity index (χ4v) is 6.37. The molecule has 1 heterocycles. The Morgan fingerprint density at radius 1 is 0.919 bits per heavy atom. The lowest BCUT2D eigenvalue weighted by Gasteiger charge is -2.37. The van der Waals surface area contributed by atoms with Crippen LogP contribution in [0.5, 0.6) is 0 Å². The lowest BCUT2D eigenvalue weighted by molar-refractivity contribution is -0.702. The number of primary amides is 1. The quantitative estimate of drug-likeness (QED) is 0.316. The van der Waals surface area contributed by atoms with E-state index in [0.717, 1.165) is 49.8 Å². The SMILES string of the molecule is Cc1n(C2CCC(C(C(N)=O)(c3ccccc3)c3ccccc3)C2)cc[n+]1CCCc1ccccc1.[Br-]. The summed E-state index contributed by atoms with van der Waals surface area (Å²) in [4.78, 5) is 13.4. The minimum Gasteiger partial charge on any atom is -1.00 e. The monoisotopic (exact) mass is 557 g/mol. The number of hydrogen-bond acceptors (Lipinski definition) is 1. The fourth-order valence-electron chi connectivity index (χ4n) is 6.37. The Morgan fingerprint density at radius 2 is 1.49 bits per heavy atom. The summed E-state index contributed by atoms with van der Waals surface area (Å²) >= 11 is 0. The molecule has 0 aliphatic heterocycles. The number of nitrogens with zero attached hydrogens (tertiary/aromatic N) is 2. The summed E-state index contributed by atoms with van der Waals surface area (Å²) < 4.78 is 4.79. The highest BCUT2D eigenvalue weighted by molar-refractivity contribution is 5.91. The molecule has 3 aromatic carbocycles. The highest BCUT2D eigenvalue weighted by Gasteiger charge is 2.51. The molecule has 5 rings (SSSR count). The van der Waals surface area contributed by atoms with Gasteiger partial charge in [0, 0.05) is 6.92 Å². The average Bonchev–Trinajstić information content (AvgIpc) is 3.53. The summed E-state index contributed by atoms with van der Waals surface area (Å²) in [6.45, 7) is 3.22. The molecule has 0 spiro atoms. The van der Waals surface area contributed by atoms with E-state index in [0.29, 0.717) is 6.04 Å². The molecule has 4 nitrogen and oxygen atoms in total. The summed E-state index contributed by atoms with van der Waals surface area (Å²) in [5.41, 5.74) is 8.83. The van der Waals surface area contributed by atoms with Gasteiger partial charge in [-0.05, 0) is 54.7 Å². The minimum absolute atomic E-state index is 0. The number of nitrogens with two attached hydrogens (primary N) is 1. The predicted octanol–water partition coefficient (Wildman–Crippen LogP) is 2.53. The number of aromatic nitrogens is 2. The molecule has 1 amide bonds. The van der Waals surface area contributed by atoms with Crippen LogP contribution < -0.4 is 27.3 Å². The van der Waals surface area contributed by atoms with Crippen molar-refractivity contribution in [2.45, 2.75) is 57.0 Å². The van der Waals surface area contributed by atoms with E-state index in [9.17, 15) is 4.79 Å². The zero-order valence-electron chi connectivity index (χ0n) is 21.5. The summed E-state index contributed by atoms with van der Waals surface area (Å²) in [6.07, 6.45) is 9.55. The number of benzene rings is 3. The van der Waals surface area contributed by atoms with Gasteiger partial charge in [-0.1, -0.05) is 91.0 Å². The first-order valence-corrected chi connectivity index (χ1v) is 13.1. The summed E-state index contributed by atoms with van der Waals surface area (Å²) in [7, 11) is 0. The van der Waals surface area contributed by atoms with Crippen molar-refractivity contribution < 1.29 is 26.3 Å². The summed E-state index contributed by atoms with van der Waals surface area (Å²) in [5, 5.41) is 0. The van der Waals surface area contributed by atoms with Crippen molar-refractivity contribution in [2.24, 2.45) is 11.7 Å². The molecule has 2 unspecified atom stereocenters. The molecule has 1 aliphatic rings. The topological polar surface area (TPSA) is 51.9 Å².